The lowest BCUT2D eigenvalue weighted by atomic mass is 10.1. The van der Waals surface area contributed by atoms with E-state index in [9.17, 15) is 4.79 Å². The van der Waals surface area contributed by atoms with Crippen LogP contribution in [0.25, 0.3) is 22.3 Å². The van der Waals surface area contributed by atoms with Crippen molar-refractivity contribution in [2.75, 3.05) is 5.75 Å². The molecule has 0 spiro atoms. The summed E-state index contributed by atoms with van der Waals surface area (Å²) in [5.74, 6) is 1.29. The van der Waals surface area contributed by atoms with E-state index in [4.69, 9.17) is 0 Å². The molecule has 0 unspecified atom stereocenters. The van der Waals surface area contributed by atoms with E-state index in [-0.39, 0.29) is 11.9 Å². The number of carbonyl (C=O) groups is 1. The lowest BCUT2D eigenvalue weighted by Gasteiger charge is -2.11. The Kier molecular flexibility index (Phi) is 4.72. The Bertz CT molecular complexity index is 927. The molecule has 0 aliphatic heterocycles. The standard InChI is InChI=1S/C19H23N5OS/c1-3-12(2)21-17(25)11-26-19-23-22-18(24(19)13-8-9-13)15-10-20-16-7-5-4-6-14(15)16/h4-7,10,12-13,20H,3,8-9,11H2,1-2H3,(H,21,25)/t12-/m0/s1. The lowest BCUT2D eigenvalue weighted by Crippen LogP contribution is -2.33. The van der Waals surface area contributed by atoms with E-state index in [1.807, 2.05) is 25.3 Å². The van der Waals surface area contributed by atoms with Crippen LogP contribution in [0.2, 0.25) is 0 Å². The molecule has 6 nitrogen and oxygen atoms in total. The van der Waals surface area contributed by atoms with Gasteiger partial charge in [-0.1, -0.05) is 36.9 Å². The van der Waals surface area contributed by atoms with Gasteiger partial charge in [-0.25, -0.2) is 0 Å². The first-order valence-electron chi connectivity index (χ1n) is 9.11. The maximum atomic E-state index is 12.1. The third-order valence-electron chi connectivity index (χ3n) is 4.76. The summed E-state index contributed by atoms with van der Waals surface area (Å²) in [6, 6.07) is 8.85. The molecule has 7 heteroatoms. The fraction of sp³-hybridized carbons (Fsp3) is 0.421. The van der Waals surface area contributed by atoms with E-state index < -0.39 is 0 Å². The van der Waals surface area contributed by atoms with Crippen LogP contribution in [0, 0.1) is 0 Å². The molecule has 1 aromatic carbocycles. The number of hydrogen-bond donors (Lipinski definition) is 2. The zero-order valence-electron chi connectivity index (χ0n) is 15.0. The van der Waals surface area contributed by atoms with E-state index in [2.05, 4.69) is 44.1 Å². The van der Waals surface area contributed by atoms with E-state index in [0.29, 0.717) is 11.8 Å². The normalized spacial score (nSPS) is 15.3. The highest BCUT2D eigenvalue weighted by molar-refractivity contribution is 7.99. The number of aromatic nitrogens is 4. The lowest BCUT2D eigenvalue weighted by molar-refractivity contribution is -0.119. The van der Waals surface area contributed by atoms with Gasteiger partial charge in [0.25, 0.3) is 0 Å². The van der Waals surface area contributed by atoms with E-state index >= 15 is 0 Å². The predicted octanol–water partition coefficient (Wildman–Crippen LogP) is 3.77. The van der Waals surface area contributed by atoms with Crippen molar-refractivity contribution in [1.82, 2.24) is 25.1 Å². The van der Waals surface area contributed by atoms with Crippen LogP contribution < -0.4 is 5.32 Å². The zero-order valence-corrected chi connectivity index (χ0v) is 15.8. The first kappa shape index (κ1) is 17.1. The van der Waals surface area contributed by atoms with Crippen molar-refractivity contribution in [2.24, 2.45) is 0 Å². The predicted molar refractivity (Wildman–Crippen MR) is 104 cm³/mol. The van der Waals surface area contributed by atoms with Gasteiger partial charge in [0.1, 0.15) is 0 Å². The van der Waals surface area contributed by atoms with Crippen LogP contribution in [0.15, 0.2) is 35.6 Å². The number of para-hydroxylation sites is 1. The highest BCUT2D eigenvalue weighted by Gasteiger charge is 2.31. The van der Waals surface area contributed by atoms with Crippen molar-refractivity contribution in [1.29, 1.82) is 0 Å². The first-order valence-corrected chi connectivity index (χ1v) is 10.1. The van der Waals surface area contributed by atoms with Crippen molar-refractivity contribution >= 4 is 28.6 Å². The summed E-state index contributed by atoms with van der Waals surface area (Å²) >= 11 is 1.47. The maximum Gasteiger partial charge on any atom is 0.230 e. The van der Waals surface area contributed by atoms with Crippen molar-refractivity contribution in [3.63, 3.8) is 0 Å². The molecule has 0 saturated heterocycles. The average molecular weight is 369 g/mol. The fourth-order valence-corrected chi connectivity index (χ4v) is 3.84. The summed E-state index contributed by atoms with van der Waals surface area (Å²) in [6.07, 6.45) is 5.21. The third-order valence-corrected chi connectivity index (χ3v) is 5.70. The Balaban J connectivity index is 1.59. The highest BCUT2D eigenvalue weighted by Crippen LogP contribution is 2.42. The molecule has 1 amide bonds. The molecule has 1 saturated carbocycles. The minimum Gasteiger partial charge on any atom is -0.360 e. The van der Waals surface area contributed by atoms with Crippen LogP contribution in [0.3, 0.4) is 0 Å². The number of amides is 1. The number of hydrogen-bond acceptors (Lipinski definition) is 4. The van der Waals surface area contributed by atoms with Crippen molar-refractivity contribution < 1.29 is 4.79 Å². The van der Waals surface area contributed by atoms with Crippen LogP contribution in [-0.4, -0.2) is 37.5 Å². The number of thioether (sulfide) groups is 1. The topological polar surface area (TPSA) is 75.6 Å². The number of aromatic amines is 1. The molecule has 4 rings (SSSR count). The largest absolute Gasteiger partial charge is 0.360 e. The summed E-state index contributed by atoms with van der Waals surface area (Å²) < 4.78 is 2.21. The minimum absolute atomic E-state index is 0.0448. The number of fused-ring (bicyclic) bond motifs is 1. The second-order valence-corrected chi connectivity index (χ2v) is 7.76. The Morgan fingerprint density at radius 1 is 1.38 bits per heavy atom. The van der Waals surface area contributed by atoms with Crippen LogP contribution in [0.5, 0.6) is 0 Å². The van der Waals surface area contributed by atoms with Crippen LogP contribution in [0.4, 0.5) is 0 Å². The Morgan fingerprint density at radius 3 is 2.96 bits per heavy atom. The van der Waals surface area contributed by atoms with Crippen LogP contribution in [0.1, 0.15) is 39.2 Å². The summed E-state index contributed by atoms with van der Waals surface area (Å²) in [5, 5.41) is 13.8. The Hall–Kier alpha value is -2.28. The number of carbonyl (C=O) groups excluding carboxylic acids is 1. The number of benzene rings is 1. The maximum absolute atomic E-state index is 12.1. The zero-order chi connectivity index (χ0) is 18.1. The SMILES string of the molecule is CC[C@H](C)NC(=O)CSc1nnc(-c2c[nH]c3ccccc23)n1C1CC1. The summed E-state index contributed by atoms with van der Waals surface area (Å²) in [5.41, 5.74) is 2.16. The molecule has 0 radical (unpaired) electrons. The van der Waals surface area contributed by atoms with Gasteiger partial charge in [0.05, 0.1) is 5.75 Å². The molecule has 3 aromatic rings. The molecule has 2 heterocycles. The molecule has 1 aliphatic carbocycles. The smallest absolute Gasteiger partial charge is 0.230 e. The van der Waals surface area contributed by atoms with Gasteiger partial charge < -0.3 is 10.3 Å². The summed E-state index contributed by atoms with van der Waals surface area (Å²) in [6.45, 7) is 4.08. The Labute approximate surface area is 156 Å². The molecule has 1 aliphatic rings. The third kappa shape index (κ3) is 3.35. The highest BCUT2D eigenvalue weighted by atomic mass is 32.2. The molecular weight excluding hydrogens is 346 g/mol. The Morgan fingerprint density at radius 2 is 2.19 bits per heavy atom. The first-order chi connectivity index (χ1) is 12.7. The number of H-pyrrole nitrogens is 1. The number of rotatable bonds is 7. The molecule has 2 N–H and O–H groups in total. The molecule has 1 fully saturated rings. The second-order valence-electron chi connectivity index (χ2n) is 6.82. The van der Waals surface area contributed by atoms with Gasteiger partial charge >= 0.3 is 0 Å². The van der Waals surface area contributed by atoms with Gasteiger partial charge in [-0.3, -0.25) is 9.36 Å². The fourth-order valence-electron chi connectivity index (χ4n) is 3.03. The van der Waals surface area contributed by atoms with E-state index in [0.717, 1.165) is 46.7 Å². The van der Waals surface area contributed by atoms with Gasteiger partial charge in [0, 0.05) is 34.7 Å². The number of nitrogens with zero attached hydrogens (tertiary/aromatic N) is 3. The monoisotopic (exact) mass is 369 g/mol. The van der Waals surface area contributed by atoms with Crippen molar-refractivity contribution in [3.8, 4) is 11.4 Å². The molecule has 0 bridgehead atoms. The second kappa shape index (κ2) is 7.15. The average Bonchev–Trinajstić information content (AvgIpc) is 3.26. The summed E-state index contributed by atoms with van der Waals surface area (Å²) in [7, 11) is 0. The van der Waals surface area contributed by atoms with Gasteiger partial charge in [-0.15, -0.1) is 10.2 Å². The van der Waals surface area contributed by atoms with E-state index in [1.54, 1.807) is 0 Å². The van der Waals surface area contributed by atoms with Crippen LogP contribution in [-0.2, 0) is 4.79 Å². The van der Waals surface area contributed by atoms with Gasteiger partial charge in [-0.2, -0.15) is 0 Å². The molecule has 136 valence electrons. The number of nitrogens with one attached hydrogen (secondary N) is 2. The summed E-state index contributed by atoms with van der Waals surface area (Å²) in [4.78, 5) is 15.4. The van der Waals surface area contributed by atoms with Crippen LogP contribution >= 0.6 is 11.8 Å². The molecule has 1 atom stereocenters. The molecular formula is C19H23N5OS. The van der Waals surface area contributed by atoms with Crippen molar-refractivity contribution in [3.05, 3.63) is 30.5 Å². The quantitative estimate of drug-likeness (QED) is 0.622. The van der Waals surface area contributed by atoms with E-state index in [1.165, 1.54) is 11.8 Å². The molecule has 26 heavy (non-hydrogen) atoms. The molecule has 2 aromatic heterocycles. The van der Waals surface area contributed by atoms with Gasteiger partial charge in [0.15, 0.2) is 11.0 Å². The minimum atomic E-state index is 0.0448. The van der Waals surface area contributed by atoms with Gasteiger partial charge in [-0.05, 0) is 32.3 Å². The van der Waals surface area contributed by atoms with Crippen molar-refractivity contribution in [2.45, 2.75) is 50.4 Å². The van der Waals surface area contributed by atoms with Gasteiger partial charge in [0.2, 0.25) is 5.91 Å².